The lowest BCUT2D eigenvalue weighted by Gasteiger charge is -2.12. The number of esters is 1. The second-order valence-corrected chi connectivity index (χ2v) is 7.26. The number of thioether (sulfide) groups is 1. The fraction of sp³-hybridized carbons (Fsp3) is 0.158. The lowest BCUT2D eigenvalue weighted by Crippen LogP contribution is -2.13. The Hall–Kier alpha value is -2.25. The molecular formula is C19H15BrO5S. The SMILES string of the molecule is COC(=O)COc1cc(Br)c(/C=C2\Sc3ccccc3C2=O)cc1OC. The molecule has 0 radical (unpaired) electrons. The first-order valence-corrected chi connectivity index (χ1v) is 9.25. The Labute approximate surface area is 163 Å². The molecule has 3 rings (SSSR count). The molecule has 1 aliphatic rings. The molecule has 0 N–H and O–H groups in total. The maximum atomic E-state index is 12.5. The van der Waals surface area contributed by atoms with Crippen molar-refractivity contribution in [1.82, 2.24) is 0 Å². The molecule has 0 amide bonds. The van der Waals surface area contributed by atoms with Gasteiger partial charge in [0.15, 0.2) is 18.1 Å². The molecule has 0 unspecified atom stereocenters. The topological polar surface area (TPSA) is 61.8 Å². The molecule has 0 spiro atoms. The molecule has 2 aromatic carbocycles. The van der Waals surface area contributed by atoms with Gasteiger partial charge < -0.3 is 14.2 Å². The zero-order chi connectivity index (χ0) is 18.7. The van der Waals surface area contributed by atoms with E-state index in [1.54, 1.807) is 12.1 Å². The molecule has 1 aliphatic heterocycles. The third kappa shape index (κ3) is 3.78. The van der Waals surface area contributed by atoms with Gasteiger partial charge in [0.05, 0.1) is 19.1 Å². The van der Waals surface area contributed by atoms with Crippen LogP contribution in [0.2, 0.25) is 0 Å². The van der Waals surface area contributed by atoms with Gasteiger partial charge in [-0.2, -0.15) is 0 Å². The second-order valence-electron chi connectivity index (χ2n) is 5.33. The maximum Gasteiger partial charge on any atom is 0.343 e. The van der Waals surface area contributed by atoms with Crippen LogP contribution in [-0.4, -0.2) is 32.6 Å². The van der Waals surface area contributed by atoms with Crippen LogP contribution in [0.1, 0.15) is 15.9 Å². The predicted octanol–water partition coefficient (Wildman–Crippen LogP) is 4.34. The number of methoxy groups -OCH3 is 2. The molecule has 0 aromatic heterocycles. The highest BCUT2D eigenvalue weighted by atomic mass is 79.9. The number of ketones is 1. The van der Waals surface area contributed by atoms with Crippen molar-refractivity contribution < 1.29 is 23.8 Å². The smallest absolute Gasteiger partial charge is 0.343 e. The van der Waals surface area contributed by atoms with E-state index in [0.29, 0.717) is 22.0 Å². The summed E-state index contributed by atoms with van der Waals surface area (Å²) in [6.45, 7) is -0.219. The molecule has 0 aliphatic carbocycles. The van der Waals surface area contributed by atoms with Crippen LogP contribution in [0.3, 0.4) is 0 Å². The Morgan fingerprint density at radius 2 is 1.96 bits per heavy atom. The van der Waals surface area contributed by atoms with Crippen LogP contribution in [-0.2, 0) is 9.53 Å². The van der Waals surface area contributed by atoms with Gasteiger partial charge in [-0.3, -0.25) is 4.79 Å². The third-order valence-electron chi connectivity index (χ3n) is 3.72. The largest absolute Gasteiger partial charge is 0.493 e. The number of carbonyl (C=O) groups is 2. The lowest BCUT2D eigenvalue weighted by molar-refractivity contribution is -0.142. The first-order valence-electron chi connectivity index (χ1n) is 7.64. The van der Waals surface area contributed by atoms with Crippen molar-refractivity contribution in [2.24, 2.45) is 0 Å². The summed E-state index contributed by atoms with van der Waals surface area (Å²) in [6.07, 6.45) is 1.81. The summed E-state index contributed by atoms with van der Waals surface area (Å²) >= 11 is 4.92. The van der Waals surface area contributed by atoms with Gasteiger partial charge in [-0.05, 0) is 35.9 Å². The van der Waals surface area contributed by atoms with E-state index in [1.807, 2.05) is 30.3 Å². The Balaban J connectivity index is 1.90. The molecule has 0 atom stereocenters. The van der Waals surface area contributed by atoms with Crippen LogP contribution in [0.5, 0.6) is 11.5 Å². The number of hydrogen-bond acceptors (Lipinski definition) is 6. The molecule has 1 heterocycles. The molecule has 26 heavy (non-hydrogen) atoms. The van der Waals surface area contributed by atoms with E-state index in [-0.39, 0.29) is 12.4 Å². The van der Waals surface area contributed by atoms with Crippen molar-refractivity contribution >= 4 is 45.5 Å². The Morgan fingerprint density at radius 1 is 1.19 bits per heavy atom. The van der Waals surface area contributed by atoms with Crippen molar-refractivity contribution in [3.8, 4) is 11.5 Å². The summed E-state index contributed by atoms with van der Waals surface area (Å²) in [5.74, 6) is 0.375. The zero-order valence-corrected chi connectivity index (χ0v) is 16.5. The molecule has 134 valence electrons. The fourth-order valence-electron chi connectivity index (χ4n) is 2.41. The summed E-state index contributed by atoms with van der Waals surface area (Å²) in [5.41, 5.74) is 1.49. The lowest BCUT2D eigenvalue weighted by atomic mass is 10.1. The zero-order valence-electron chi connectivity index (χ0n) is 14.1. The van der Waals surface area contributed by atoms with E-state index in [1.165, 1.54) is 26.0 Å². The molecule has 7 heteroatoms. The summed E-state index contributed by atoms with van der Waals surface area (Å²) in [4.78, 5) is 25.4. The number of carbonyl (C=O) groups excluding carboxylic acids is 2. The third-order valence-corrected chi connectivity index (χ3v) is 5.50. The number of allylic oxidation sites excluding steroid dienone is 1. The van der Waals surface area contributed by atoms with Crippen LogP contribution < -0.4 is 9.47 Å². The first kappa shape index (κ1) is 18.5. The Bertz CT molecular complexity index is 907. The minimum atomic E-state index is -0.486. The molecule has 0 bridgehead atoms. The highest BCUT2D eigenvalue weighted by Crippen LogP contribution is 2.42. The van der Waals surface area contributed by atoms with Crippen molar-refractivity contribution in [3.05, 3.63) is 56.9 Å². The minimum absolute atomic E-state index is 0.00230. The van der Waals surface area contributed by atoms with Crippen LogP contribution in [0, 0.1) is 0 Å². The number of halogens is 1. The minimum Gasteiger partial charge on any atom is -0.493 e. The normalized spacial score (nSPS) is 14.3. The number of fused-ring (bicyclic) bond motifs is 1. The highest BCUT2D eigenvalue weighted by Gasteiger charge is 2.25. The van der Waals surface area contributed by atoms with Gasteiger partial charge in [-0.25, -0.2) is 4.79 Å². The van der Waals surface area contributed by atoms with E-state index >= 15 is 0 Å². The van der Waals surface area contributed by atoms with Gasteiger partial charge in [0, 0.05) is 14.9 Å². The molecule has 0 saturated carbocycles. The average molecular weight is 435 g/mol. The maximum absolute atomic E-state index is 12.5. The van der Waals surface area contributed by atoms with E-state index in [2.05, 4.69) is 20.7 Å². The molecule has 0 saturated heterocycles. The number of rotatable bonds is 5. The van der Waals surface area contributed by atoms with Crippen LogP contribution in [0.4, 0.5) is 0 Å². The molecule has 0 fully saturated rings. The van der Waals surface area contributed by atoms with E-state index in [9.17, 15) is 9.59 Å². The predicted molar refractivity (Wildman–Crippen MR) is 103 cm³/mol. The van der Waals surface area contributed by atoms with Crippen LogP contribution >= 0.6 is 27.7 Å². The number of Topliss-reactive ketones (excluding diaryl/α,β-unsaturated/α-hetero) is 1. The van der Waals surface area contributed by atoms with Gasteiger partial charge in [0.25, 0.3) is 0 Å². The standard InChI is InChI=1S/C19H15BrO5S/c1-23-14-7-11(13(20)9-15(14)25-10-18(21)24-2)8-17-19(22)12-5-3-4-6-16(12)26-17/h3-9H,10H2,1-2H3/b17-8-. The highest BCUT2D eigenvalue weighted by molar-refractivity contribution is 9.10. The van der Waals surface area contributed by atoms with Crippen molar-refractivity contribution in [2.45, 2.75) is 4.90 Å². The molecular weight excluding hydrogens is 420 g/mol. The average Bonchev–Trinajstić information content (AvgIpc) is 2.97. The van der Waals surface area contributed by atoms with Crippen LogP contribution in [0.15, 0.2) is 50.7 Å². The van der Waals surface area contributed by atoms with Crippen molar-refractivity contribution in [2.75, 3.05) is 20.8 Å². The quantitative estimate of drug-likeness (QED) is 0.515. The van der Waals surface area contributed by atoms with Gasteiger partial charge >= 0.3 is 5.97 Å². The summed E-state index contributed by atoms with van der Waals surface area (Å²) in [5, 5.41) is 0. The first-order chi connectivity index (χ1) is 12.5. The second kappa shape index (κ2) is 7.97. The molecule has 5 nitrogen and oxygen atoms in total. The summed E-state index contributed by atoms with van der Waals surface area (Å²) < 4.78 is 16.1. The number of hydrogen-bond donors (Lipinski definition) is 0. The molecule has 2 aromatic rings. The Kier molecular flexibility index (Phi) is 5.68. The van der Waals surface area contributed by atoms with Gasteiger partial charge in [-0.1, -0.05) is 39.8 Å². The van der Waals surface area contributed by atoms with E-state index in [4.69, 9.17) is 9.47 Å². The number of ether oxygens (including phenoxy) is 3. The Morgan fingerprint density at radius 3 is 2.65 bits per heavy atom. The van der Waals surface area contributed by atoms with Gasteiger partial charge in [0.1, 0.15) is 0 Å². The van der Waals surface area contributed by atoms with Gasteiger partial charge in [0.2, 0.25) is 5.78 Å². The van der Waals surface area contributed by atoms with Crippen LogP contribution in [0.25, 0.3) is 6.08 Å². The van der Waals surface area contributed by atoms with Crippen molar-refractivity contribution in [1.29, 1.82) is 0 Å². The van der Waals surface area contributed by atoms with Gasteiger partial charge in [-0.15, -0.1) is 0 Å². The van der Waals surface area contributed by atoms with E-state index < -0.39 is 5.97 Å². The summed E-state index contributed by atoms with van der Waals surface area (Å²) in [6, 6.07) is 11.0. The fourth-order valence-corrected chi connectivity index (χ4v) is 3.89. The monoisotopic (exact) mass is 434 g/mol. The van der Waals surface area contributed by atoms with Crippen molar-refractivity contribution in [3.63, 3.8) is 0 Å². The number of benzene rings is 2. The van der Waals surface area contributed by atoms with E-state index in [0.717, 1.165) is 14.9 Å². The summed E-state index contributed by atoms with van der Waals surface area (Å²) in [7, 11) is 2.80.